The van der Waals surface area contributed by atoms with Gasteiger partial charge in [-0.2, -0.15) is 0 Å². The summed E-state index contributed by atoms with van der Waals surface area (Å²) in [6, 6.07) is -0.281. The fraction of sp³-hybridized carbons (Fsp3) is 0.733. The standard InChI is InChI=1S/C15H25N3O2S/c1-3-15(4-2,10-19)18-13(20)17-14-16-11-8-6-5-7-9-12(11)21-14/h19H,3-10H2,1-2H3,(H2,16,17,18,20). The van der Waals surface area contributed by atoms with E-state index < -0.39 is 5.54 Å². The maximum Gasteiger partial charge on any atom is 0.321 e. The number of thiazole rings is 1. The number of nitrogens with one attached hydrogen (secondary N) is 2. The minimum absolute atomic E-state index is 0.0538. The summed E-state index contributed by atoms with van der Waals surface area (Å²) in [5.41, 5.74) is 0.602. The number of anilines is 1. The summed E-state index contributed by atoms with van der Waals surface area (Å²) in [6.07, 6.45) is 7.13. The molecule has 0 bridgehead atoms. The van der Waals surface area contributed by atoms with Crippen molar-refractivity contribution in [1.29, 1.82) is 0 Å². The molecule has 0 aliphatic heterocycles. The van der Waals surface area contributed by atoms with Gasteiger partial charge in [0.2, 0.25) is 0 Å². The predicted octanol–water partition coefficient (Wildman–Crippen LogP) is 3.08. The monoisotopic (exact) mass is 311 g/mol. The molecule has 0 unspecified atom stereocenters. The molecule has 0 aromatic carbocycles. The van der Waals surface area contributed by atoms with Crippen LogP contribution in [0.15, 0.2) is 0 Å². The number of hydrogen-bond donors (Lipinski definition) is 3. The Labute approximate surface area is 130 Å². The maximum atomic E-state index is 12.1. The Morgan fingerprint density at radius 1 is 1.29 bits per heavy atom. The lowest BCUT2D eigenvalue weighted by atomic mass is 9.94. The fourth-order valence-electron chi connectivity index (χ4n) is 2.64. The van der Waals surface area contributed by atoms with Crippen LogP contribution in [-0.2, 0) is 12.8 Å². The molecule has 1 aliphatic carbocycles. The first-order chi connectivity index (χ1) is 10.1. The first kappa shape index (κ1) is 16.2. The van der Waals surface area contributed by atoms with Gasteiger partial charge in [0, 0.05) is 4.88 Å². The highest BCUT2D eigenvalue weighted by Gasteiger charge is 2.27. The molecule has 0 atom stereocenters. The van der Waals surface area contributed by atoms with Crippen LogP contribution < -0.4 is 10.6 Å². The second kappa shape index (κ2) is 7.22. The van der Waals surface area contributed by atoms with Crippen molar-refractivity contribution in [1.82, 2.24) is 10.3 Å². The molecule has 1 aromatic rings. The molecular weight excluding hydrogens is 286 g/mol. The van der Waals surface area contributed by atoms with Crippen molar-refractivity contribution in [2.24, 2.45) is 0 Å². The van der Waals surface area contributed by atoms with Gasteiger partial charge in [0.05, 0.1) is 17.8 Å². The molecule has 3 N–H and O–H groups in total. The lowest BCUT2D eigenvalue weighted by Gasteiger charge is -2.30. The topological polar surface area (TPSA) is 74.2 Å². The van der Waals surface area contributed by atoms with E-state index in [2.05, 4.69) is 15.6 Å². The van der Waals surface area contributed by atoms with Gasteiger partial charge in [-0.05, 0) is 38.5 Å². The summed E-state index contributed by atoms with van der Waals surface area (Å²) in [4.78, 5) is 18.0. The Kier molecular flexibility index (Phi) is 5.58. The Morgan fingerprint density at radius 3 is 2.67 bits per heavy atom. The number of aryl methyl sites for hydroxylation is 2. The van der Waals surface area contributed by atoms with E-state index in [9.17, 15) is 9.90 Å². The molecule has 118 valence electrons. The second-order valence-corrected chi connectivity index (χ2v) is 6.76. The zero-order valence-corrected chi connectivity index (χ0v) is 13.7. The number of hydrogen-bond acceptors (Lipinski definition) is 4. The number of aliphatic hydroxyl groups excluding tert-OH is 1. The van der Waals surface area contributed by atoms with E-state index in [1.54, 1.807) is 11.3 Å². The van der Waals surface area contributed by atoms with Gasteiger partial charge in [0.25, 0.3) is 0 Å². The number of urea groups is 1. The molecule has 21 heavy (non-hydrogen) atoms. The van der Waals surface area contributed by atoms with Gasteiger partial charge in [-0.3, -0.25) is 5.32 Å². The first-order valence-electron chi connectivity index (χ1n) is 7.81. The fourth-order valence-corrected chi connectivity index (χ4v) is 3.69. The van der Waals surface area contributed by atoms with E-state index in [4.69, 9.17) is 0 Å². The second-order valence-electron chi connectivity index (χ2n) is 5.67. The van der Waals surface area contributed by atoms with Crippen molar-refractivity contribution >= 4 is 22.5 Å². The van der Waals surface area contributed by atoms with Gasteiger partial charge in [0.1, 0.15) is 0 Å². The Balaban J connectivity index is 2.00. The predicted molar refractivity (Wildman–Crippen MR) is 85.9 cm³/mol. The summed E-state index contributed by atoms with van der Waals surface area (Å²) in [5.74, 6) is 0. The minimum Gasteiger partial charge on any atom is -0.394 e. The molecule has 0 saturated heterocycles. The molecule has 0 saturated carbocycles. The number of amides is 2. The molecule has 5 nitrogen and oxygen atoms in total. The summed E-state index contributed by atoms with van der Waals surface area (Å²) in [5, 5.41) is 15.9. The average Bonchev–Trinajstić information content (AvgIpc) is 2.73. The van der Waals surface area contributed by atoms with Crippen LogP contribution in [0.1, 0.15) is 56.5 Å². The van der Waals surface area contributed by atoms with Gasteiger partial charge < -0.3 is 10.4 Å². The minimum atomic E-state index is -0.543. The number of aromatic nitrogens is 1. The SMILES string of the molecule is CCC(CC)(CO)NC(=O)Nc1nc2c(s1)CCCCC2. The zero-order chi connectivity index (χ0) is 15.3. The summed E-state index contributed by atoms with van der Waals surface area (Å²) in [7, 11) is 0. The van der Waals surface area contributed by atoms with Crippen LogP contribution in [0, 0.1) is 0 Å². The summed E-state index contributed by atoms with van der Waals surface area (Å²) < 4.78 is 0. The molecule has 2 rings (SSSR count). The molecule has 2 amide bonds. The van der Waals surface area contributed by atoms with E-state index in [0.29, 0.717) is 18.0 Å². The van der Waals surface area contributed by atoms with Crippen molar-refractivity contribution in [2.45, 2.75) is 64.3 Å². The molecule has 0 radical (unpaired) electrons. The van der Waals surface area contributed by atoms with Crippen LogP contribution in [-0.4, -0.2) is 28.3 Å². The average molecular weight is 311 g/mol. The van der Waals surface area contributed by atoms with Crippen molar-refractivity contribution in [3.63, 3.8) is 0 Å². The Bertz CT molecular complexity index is 451. The summed E-state index contributed by atoms with van der Waals surface area (Å²) in [6.45, 7) is 3.87. The normalized spacial score (nSPS) is 15.2. The van der Waals surface area contributed by atoms with Crippen LogP contribution >= 0.6 is 11.3 Å². The quantitative estimate of drug-likeness (QED) is 0.732. The number of fused-ring (bicyclic) bond motifs is 1. The Morgan fingerprint density at radius 2 is 2.00 bits per heavy atom. The van der Waals surface area contributed by atoms with Crippen LogP contribution in [0.3, 0.4) is 0 Å². The number of carbonyl (C=O) groups excluding carboxylic acids is 1. The van der Waals surface area contributed by atoms with Gasteiger partial charge in [0.15, 0.2) is 5.13 Å². The van der Waals surface area contributed by atoms with E-state index in [1.807, 2.05) is 13.8 Å². The third-order valence-corrected chi connectivity index (χ3v) is 5.42. The van der Waals surface area contributed by atoms with Crippen molar-refractivity contribution in [2.75, 3.05) is 11.9 Å². The lowest BCUT2D eigenvalue weighted by molar-refractivity contribution is 0.155. The van der Waals surface area contributed by atoms with E-state index in [1.165, 1.54) is 24.1 Å². The maximum absolute atomic E-state index is 12.1. The lowest BCUT2D eigenvalue weighted by Crippen LogP contribution is -2.52. The number of nitrogens with zero attached hydrogens (tertiary/aromatic N) is 1. The van der Waals surface area contributed by atoms with Crippen molar-refractivity contribution in [3.05, 3.63) is 10.6 Å². The zero-order valence-electron chi connectivity index (χ0n) is 12.9. The molecule has 1 aromatic heterocycles. The van der Waals surface area contributed by atoms with E-state index in [0.717, 1.165) is 18.5 Å². The highest BCUT2D eigenvalue weighted by Crippen LogP contribution is 2.29. The number of carbonyl (C=O) groups is 1. The summed E-state index contributed by atoms with van der Waals surface area (Å²) >= 11 is 1.58. The van der Waals surface area contributed by atoms with Gasteiger partial charge in [-0.25, -0.2) is 9.78 Å². The smallest absolute Gasteiger partial charge is 0.321 e. The third kappa shape index (κ3) is 3.95. The van der Waals surface area contributed by atoms with Crippen molar-refractivity contribution in [3.8, 4) is 0 Å². The van der Waals surface area contributed by atoms with Crippen LogP contribution in [0.25, 0.3) is 0 Å². The van der Waals surface area contributed by atoms with Crippen molar-refractivity contribution < 1.29 is 9.90 Å². The highest BCUT2D eigenvalue weighted by molar-refractivity contribution is 7.15. The van der Waals surface area contributed by atoms with Gasteiger partial charge in [-0.15, -0.1) is 11.3 Å². The molecule has 1 aliphatic rings. The van der Waals surface area contributed by atoms with E-state index in [-0.39, 0.29) is 12.6 Å². The number of rotatable bonds is 5. The van der Waals surface area contributed by atoms with Gasteiger partial charge in [-0.1, -0.05) is 20.3 Å². The van der Waals surface area contributed by atoms with Crippen LogP contribution in [0.2, 0.25) is 0 Å². The first-order valence-corrected chi connectivity index (χ1v) is 8.62. The third-order valence-electron chi connectivity index (χ3n) is 4.35. The molecule has 0 spiro atoms. The van der Waals surface area contributed by atoms with Crippen LogP contribution in [0.5, 0.6) is 0 Å². The molecular formula is C15H25N3O2S. The molecule has 6 heteroatoms. The molecule has 1 heterocycles. The van der Waals surface area contributed by atoms with Gasteiger partial charge >= 0.3 is 6.03 Å². The largest absolute Gasteiger partial charge is 0.394 e. The Hall–Kier alpha value is -1.14. The molecule has 0 fully saturated rings. The highest BCUT2D eigenvalue weighted by atomic mass is 32.1. The van der Waals surface area contributed by atoms with Crippen LogP contribution in [0.4, 0.5) is 9.93 Å². The van der Waals surface area contributed by atoms with E-state index >= 15 is 0 Å². The number of aliphatic hydroxyl groups is 1.